The quantitative estimate of drug-likeness (QED) is 0.785. The first-order valence-electron chi connectivity index (χ1n) is 9.02. The molecule has 0 aromatic heterocycles. The number of fused-ring (bicyclic) bond motifs is 1. The lowest BCUT2D eigenvalue weighted by Crippen LogP contribution is -2.34. The summed E-state index contributed by atoms with van der Waals surface area (Å²) in [6, 6.07) is 12.2. The number of carbonyl (C=O) groups excluding carboxylic acids is 2. The molecule has 0 spiro atoms. The Hall–Kier alpha value is -2.83. The second-order valence-electron chi connectivity index (χ2n) is 6.75. The third-order valence-electron chi connectivity index (χ3n) is 4.67. The lowest BCUT2D eigenvalue weighted by molar-refractivity contribution is -0.148. The molecule has 0 aliphatic heterocycles. The van der Waals surface area contributed by atoms with E-state index in [1.165, 1.54) is 17.7 Å². The summed E-state index contributed by atoms with van der Waals surface area (Å²) in [6.45, 7) is -0.462. The van der Waals surface area contributed by atoms with Crippen LogP contribution in [0.3, 0.4) is 0 Å². The summed E-state index contributed by atoms with van der Waals surface area (Å²) < 4.78 is 43.1. The molecule has 0 radical (unpaired) electrons. The molecule has 3 rings (SSSR count). The lowest BCUT2D eigenvalue weighted by atomic mass is 9.88. The number of hydrogen-bond donors (Lipinski definition) is 1. The number of aryl methyl sites for hydroxylation is 1. The summed E-state index contributed by atoms with van der Waals surface area (Å²) in [5.41, 5.74) is 1.62. The predicted molar refractivity (Wildman–Crippen MR) is 96.4 cm³/mol. The molecule has 2 aromatic carbocycles. The third-order valence-corrected chi connectivity index (χ3v) is 4.67. The van der Waals surface area contributed by atoms with Crippen LogP contribution in [0.5, 0.6) is 0 Å². The van der Waals surface area contributed by atoms with E-state index in [-0.39, 0.29) is 18.0 Å². The maximum Gasteiger partial charge on any atom is 0.416 e. The van der Waals surface area contributed by atoms with E-state index in [9.17, 15) is 22.8 Å². The van der Waals surface area contributed by atoms with Crippen molar-refractivity contribution in [3.8, 4) is 0 Å². The van der Waals surface area contributed by atoms with E-state index in [4.69, 9.17) is 4.74 Å². The SMILES string of the molecule is O=C(COC(=O)Cc1cccc(C(F)(F)F)c1)N[C@H]1CCCc2ccccc21. The topological polar surface area (TPSA) is 55.4 Å². The minimum atomic E-state index is -4.48. The minimum absolute atomic E-state index is 0.125. The van der Waals surface area contributed by atoms with Crippen molar-refractivity contribution in [2.75, 3.05) is 6.61 Å². The van der Waals surface area contributed by atoms with Gasteiger partial charge in [-0.25, -0.2) is 0 Å². The van der Waals surface area contributed by atoms with Crippen LogP contribution in [-0.4, -0.2) is 18.5 Å². The average Bonchev–Trinajstić information content (AvgIpc) is 2.66. The van der Waals surface area contributed by atoms with Crippen LogP contribution in [0.2, 0.25) is 0 Å². The number of carbonyl (C=O) groups is 2. The zero-order valence-electron chi connectivity index (χ0n) is 15.1. The van der Waals surface area contributed by atoms with E-state index < -0.39 is 30.2 Å². The highest BCUT2D eigenvalue weighted by Crippen LogP contribution is 2.30. The van der Waals surface area contributed by atoms with Gasteiger partial charge in [-0.2, -0.15) is 13.2 Å². The van der Waals surface area contributed by atoms with Crippen LogP contribution in [0.1, 0.15) is 41.1 Å². The molecule has 1 atom stereocenters. The minimum Gasteiger partial charge on any atom is -0.455 e. The number of nitrogens with one attached hydrogen (secondary N) is 1. The van der Waals surface area contributed by atoms with Gasteiger partial charge in [-0.1, -0.05) is 42.5 Å². The standard InChI is InChI=1S/C21H20F3NO3/c22-21(23,24)16-8-3-5-14(11-16)12-20(27)28-13-19(26)25-18-10-4-7-15-6-1-2-9-17(15)18/h1-3,5-6,8-9,11,18H,4,7,10,12-13H2,(H,25,26)/t18-/m0/s1. The van der Waals surface area contributed by atoms with Crippen LogP contribution in [0.25, 0.3) is 0 Å². The van der Waals surface area contributed by atoms with Crippen LogP contribution < -0.4 is 5.32 Å². The predicted octanol–water partition coefficient (Wildman–Crippen LogP) is 3.98. The van der Waals surface area contributed by atoms with Crippen LogP contribution in [0.4, 0.5) is 13.2 Å². The number of alkyl halides is 3. The molecule has 0 heterocycles. The molecule has 4 nitrogen and oxygen atoms in total. The molecule has 148 valence electrons. The smallest absolute Gasteiger partial charge is 0.416 e. The summed E-state index contributed by atoms with van der Waals surface area (Å²) >= 11 is 0. The molecule has 1 aliphatic rings. The zero-order valence-corrected chi connectivity index (χ0v) is 15.1. The van der Waals surface area contributed by atoms with E-state index in [1.807, 2.05) is 24.3 Å². The Labute approximate surface area is 160 Å². The first-order chi connectivity index (χ1) is 13.3. The van der Waals surface area contributed by atoms with Gasteiger partial charge in [0.25, 0.3) is 5.91 Å². The van der Waals surface area contributed by atoms with Crippen molar-refractivity contribution >= 4 is 11.9 Å². The van der Waals surface area contributed by atoms with Gasteiger partial charge >= 0.3 is 12.1 Å². The summed E-state index contributed by atoms with van der Waals surface area (Å²) in [7, 11) is 0. The van der Waals surface area contributed by atoms with Crippen LogP contribution in [0, 0.1) is 0 Å². The molecule has 7 heteroatoms. The lowest BCUT2D eigenvalue weighted by Gasteiger charge is -2.26. The summed E-state index contributed by atoms with van der Waals surface area (Å²) in [4.78, 5) is 24.0. The van der Waals surface area contributed by atoms with Gasteiger partial charge in [-0.05, 0) is 42.0 Å². The van der Waals surface area contributed by atoms with Crippen molar-refractivity contribution in [3.63, 3.8) is 0 Å². The van der Waals surface area contributed by atoms with Gasteiger partial charge < -0.3 is 10.1 Å². The maximum atomic E-state index is 12.7. The maximum absolute atomic E-state index is 12.7. The molecule has 0 saturated carbocycles. The Kier molecular flexibility index (Phi) is 6.02. The van der Waals surface area contributed by atoms with Gasteiger partial charge in [0, 0.05) is 0 Å². The number of hydrogen-bond acceptors (Lipinski definition) is 3. The zero-order chi connectivity index (χ0) is 20.1. The molecule has 1 N–H and O–H groups in total. The Morgan fingerprint density at radius 3 is 2.68 bits per heavy atom. The van der Waals surface area contributed by atoms with E-state index >= 15 is 0 Å². The number of ether oxygens (including phenoxy) is 1. The van der Waals surface area contributed by atoms with E-state index in [0.29, 0.717) is 0 Å². The molecule has 0 unspecified atom stereocenters. The van der Waals surface area contributed by atoms with Crippen molar-refractivity contribution in [2.45, 2.75) is 37.9 Å². The van der Waals surface area contributed by atoms with E-state index in [2.05, 4.69) is 5.32 Å². The second kappa shape index (κ2) is 8.46. The highest BCUT2D eigenvalue weighted by Gasteiger charge is 2.30. The van der Waals surface area contributed by atoms with Crippen LogP contribution >= 0.6 is 0 Å². The summed E-state index contributed by atoms with van der Waals surface area (Å²) in [6.07, 6.45) is -2.08. The molecular formula is C21H20F3NO3. The number of rotatable bonds is 5. The van der Waals surface area contributed by atoms with Crippen molar-refractivity contribution in [1.29, 1.82) is 0 Å². The monoisotopic (exact) mass is 391 g/mol. The molecule has 1 amide bonds. The number of benzene rings is 2. The van der Waals surface area contributed by atoms with Crippen molar-refractivity contribution < 1.29 is 27.5 Å². The van der Waals surface area contributed by atoms with Gasteiger partial charge in [-0.15, -0.1) is 0 Å². The highest BCUT2D eigenvalue weighted by atomic mass is 19.4. The highest BCUT2D eigenvalue weighted by molar-refractivity contribution is 5.81. The average molecular weight is 391 g/mol. The third kappa shape index (κ3) is 5.12. The normalized spacial score (nSPS) is 16.2. The van der Waals surface area contributed by atoms with Crippen molar-refractivity contribution in [3.05, 3.63) is 70.8 Å². The van der Waals surface area contributed by atoms with E-state index in [0.717, 1.165) is 37.0 Å². The molecule has 2 aromatic rings. The first kappa shape index (κ1) is 19.9. The Bertz CT molecular complexity index is 864. The fourth-order valence-corrected chi connectivity index (χ4v) is 3.36. The van der Waals surface area contributed by atoms with Gasteiger partial charge in [0.05, 0.1) is 18.0 Å². The number of halogens is 3. The van der Waals surface area contributed by atoms with Crippen LogP contribution in [-0.2, 0) is 33.3 Å². The first-order valence-corrected chi connectivity index (χ1v) is 9.02. The second-order valence-corrected chi connectivity index (χ2v) is 6.75. The molecule has 0 fully saturated rings. The Morgan fingerprint density at radius 1 is 1.11 bits per heavy atom. The molecular weight excluding hydrogens is 371 g/mol. The molecule has 28 heavy (non-hydrogen) atoms. The number of amides is 1. The van der Waals surface area contributed by atoms with Gasteiger partial charge in [0.15, 0.2) is 6.61 Å². The van der Waals surface area contributed by atoms with Gasteiger partial charge in [0.1, 0.15) is 0 Å². The Balaban J connectivity index is 1.51. The fourth-order valence-electron chi connectivity index (χ4n) is 3.36. The van der Waals surface area contributed by atoms with Gasteiger partial charge in [0.2, 0.25) is 0 Å². The van der Waals surface area contributed by atoms with E-state index in [1.54, 1.807) is 0 Å². The molecule has 0 bridgehead atoms. The molecule has 1 aliphatic carbocycles. The molecule has 0 saturated heterocycles. The van der Waals surface area contributed by atoms with Crippen molar-refractivity contribution in [2.24, 2.45) is 0 Å². The fraction of sp³-hybridized carbons (Fsp3) is 0.333. The van der Waals surface area contributed by atoms with Crippen molar-refractivity contribution in [1.82, 2.24) is 5.32 Å². The Morgan fingerprint density at radius 2 is 1.89 bits per heavy atom. The van der Waals surface area contributed by atoms with Crippen LogP contribution in [0.15, 0.2) is 48.5 Å². The van der Waals surface area contributed by atoms with Gasteiger partial charge in [-0.3, -0.25) is 9.59 Å². The largest absolute Gasteiger partial charge is 0.455 e. The summed E-state index contributed by atoms with van der Waals surface area (Å²) in [5.74, 6) is -1.18. The summed E-state index contributed by atoms with van der Waals surface area (Å²) in [5, 5.41) is 2.86. The number of esters is 1.